The van der Waals surface area contributed by atoms with Gasteiger partial charge < -0.3 is 31.1 Å². The second kappa shape index (κ2) is 29.4. The summed E-state index contributed by atoms with van der Waals surface area (Å²) in [5.74, 6) is -4.47. The van der Waals surface area contributed by atoms with Crippen LogP contribution >= 0.6 is 22.7 Å². The van der Waals surface area contributed by atoms with Gasteiger partial charge in [0, 0.05) is 66.1 Å². The molecule has 5 N–H and O–H groups in total. The number of unbranched alkanes of at least 4 members (excludes halogenated alkanes) is 11. The second-order valence-electron chi connectivity index (χ2n) is 16.5. The van der Waals surface area contributed by atoms with Gasteiger partial charge in [0.05, 0.1) is 0 Å². The van der Waals surface area contributed by atoms with Crippen molar-refractivity contribution >= 4 is 58.2 Å². The van der Waals surface area contributed by atoms with Gasteiger partial charge in [-0.25, -0.2) is 14.8 Å². The van der Waals surface area contributed by atoms with Crippen molar-refractivity contribution in [1.82, 2.24) is 41.2 Å². The Labute approximate surface area is 405 Å². The summed E-state index contributed by atoms with van der Waals surface area (Å²) in [4.78, 5) is 96.8. The molecule has 0 bridgehead atoms. The first-order valence-electron chi connectivity index (χ1n) is 23.4. The molecular weight excluding hydrogens is 905 g/mol. The fraction of sp³-hybridized carbons (Fsp3) is 0.440. The molecule has 1 aromatic carbocycles. The number of esters is 1. The molecule has 4 aromatic heterocycles. The number of nitrogens with zero attached hydrogens (tertiary/aromatic N) is 4. The summed E-state index contributed by atoms with van der Waals surface area (Å²) in [7, 11) is 0. The van der Waals surface area contributed by atoms with Crippen molar-refractivity contribution in [2.45, 2.75) is 128 Å². The lowest BCUT2D eigenvalue weighted by Gasteiger charge is -2.24. The number of thiazole rings is 2. The molecule has 0 aliphatic rings. The van der Waals surface area contributed by atoms with Crippen molar-refractivity contribution in [3.8, 4) is 21.1 Å². The molecule has 0 radical (unpaired) electrons. The zero-order valence-electron chi connectivity index (χ0n) is 38.5. The summed E-state index contributed by atoms with van der Waals surface area (Å²) in [5.41, 5.74) is 2.52. The largest absolute Gasteiger partial charge is 0.480 e. The van der Waals surface area contributed by atoms with Gasteiger partial charge in [0.2, 0.25) is 11.8 Å². The fourth-order valence-electron chi connectivity index (χ4n) is 7.23. The minimum absolute atomic E-state index is 0.0181. The standard InChI is InChI=1S/C50H62N8O8S2/c1-2-3-4-5-6-7-8-9-10-11-15-25-43(59)66-32-40(50(64)65)56-46(62)39(29-35-20-13-12-14-21-35)55-45(61)38(54-47(63)42-34-68-49(58-42)37-23-19-27-52-31-37)24-16-17-28-53-44(60)41-33-67-48(57-41)36-22-18-26-51-30-36/h12-14,18-23,26-27,30-31,33-34,38-40H,2-11,15-17,24-25,28-29,32H2,1H3,(H,53,60)(H,54,63)(H,55,61)(H,56,62)(H,64,65)/t38-,39-,40-/m0/s1. The molecule has 0 saturated heterocycles. The number of hydrogen-bond donors (Lipinski definition) is 5. The highest BCUT2D eigenvalue weighted by Crippen LogP contribution is 2.24. The average molecular weight is 967 g/mol. The van der Waals surface area contributed by atoms with E-state index in [4.69, 9.17) is 4.74 Å². The highest BCUT2D eigenvalue weighted by Gasteiger charge is 2.31. The molecule has 0 aliphatic carbocycles. The average Bonchev–Trinajstić information content (AvgIpc) is 4.07. The molecule has 362 valence electrons. The SMILES string of the molecule is CCCCCCCCCCCCCC(=O)OC[C@H](NC(=O)[C@H](Cc1ccccc1)NC(=O)[C@H](CCCCNC(=O)c1csc(-c2cccnc2)n1)NC(=O)c1csc(-c2cccnc2)n1)C(=O)O. The van der Waals surface area contributed by atoms with Crippen molar-refractivity contribution in [2.24, 2.45) is 0 Å². The monoisotopic (exact) mass is 966 g/mol. The third-order valence-corrected chi connectivity index (χ3v) is 12.8. The van der Waals surface area contributed by atoms with Crippen molar-refractivity contribution in [3.05, 3.63) is 107 Å². The van der Waals surface area contributed by atoms with Gasteiger partial charge in [-0.15, -0.1) is 22.7 Å². The number of rotatable bonds is 31. The Balaban J connectivity index is 1.18. The lowest BCUT2D eigenvalue weighted by Crippen LogP contribution is -2.57. The topological polar surface area (TPSA) is 232 Å². The van der Waals surface area contributed by atoms with E-state index in [1.807, 2.05) is 12.1 Å². The van der Waals surface area contributed by atoms with Gasteiger partial charge in [-0.1, -0.05) is 101 Å². The molecular formula is C50H62N8O8S2. The second-order valence-corrected chi connectivity index (χ2v) is 18.2. The van der Waals surface area contributed by atoms with Crippen molar-refractivity contribution < 1.29 is 38.6 Å². The summed E-state index contributed by atoms with van der Waals surface area (Å²) in [5, 5.41) is 25.3. The van der Waals surface area contributed by atoms with E-state index in [-0.39, 0.29) is 43.1 Å². The molecule has 68 heavy (non-hydrogen) atoms. The molecule has 3 atom stereocenters. The normalized spacial score (nSPS) is 12.3. The summed E-state index contributed by atoms with van der Waals surface area (Å²) in [6, 6.07) is 12.0. The Kier molecular flexibility index (Phi) is 22.7. The number of aromatic nitrogens is 4. The van der Waals surface area contributed by atoms with Crippen molar-refractivity contribution in [2.75, 3.05) is 13.2 Å². The van der Waals surface area contributed by atoms with Gasteiger partial charge in [-0.05, 0) is 55.5 Å². The molecule has 4 amide bonds. The van der Waals surface area contributed by atoms with Crippen LogP contribution in [-0.2, 0) is 30.3 Å². The van der Waals surface area contributed by atoms with E-state index >= 15 is 0 Å². The molecule has 0 fully saturated rings. The van der Waals surface area contributed by atoms with Crippen LogP contribution in [0.3, 0.4) is 0 Å². The van der Waals surface area contributed by atoms with Crippen LogP contribution in [0.5, 0.6) is 0 Å². The predicted octanol–water partition coefficient (Wildman–Crippen LogP) is 7.96. The Morgan fingerprint density at radius 1 is 0.618 bits per heavy atom. The summed E-state index contributed by atoms with van der Waals surface area (Å²) in [6.45, 7) is 1.86. The number of pyridine rings is 2. The maximum Gasteiger partial charge on any atom is 0.329 e. The minimum atomic E-state index is -1.59. The molecule has 0 aliphatic heterocycles. The molecule has 5 rings (SSSR count). The minimum Gasteiger partial charge on any atom is -0.480 e. The van der Waals surface area contributed by atoms with Gasteiger partial charge in [-0.2, -0.15) is 0 Å². The number of carbonyl (C=O) groups excluding carboxylic acids is 5. The highest BCUT2D eigenvalue weighted by atomic mass is 32.1. The summed E-state index contributed by atoms with van der Waals surface area (Å²) >= 11 is 2.56. The van der Waals surface area contributed by atoms with E-state index in [9.17, 15) is 33.9 Å². The van der Waals surface area contributed by atoms with E-state index in [1.165, 1.54) is 67.6 Å². The number of aliphatic carboxylic acids is 1. The zero-order chi connectivity index (χ0) is 48.4. The van der Waals surface area contributed by atoms with Gasteiger partial charge in [0.25, 0.3) is 11.8 Å². The summed E-state index contributed by atoms with van der Waals surface area (Å²) in [6.07, 6.45) is 19.9. The van der Waals surface area contributed by atoms with Crippen LogP contribution in [0.1, 0.15) is 130 Å². The first kappa shape index (κ1) is 52.6. The predicted molar refractivity (Wildman–Crippen MR) is 262 cm³/mol. The third-order valence-electron chi connectivity index (χ3n) is 11.0. The first-order chi connectivity index (χ1) is 33.1. The number of benzene rings is 1. The molecule has 16 nitrogen and oxygen atoms in total. The summed E-state index contributed by atoms with van der Waals surface area (Å²) < 4.78 is 5.31. The fourth-order valence-corrected chi connectivity index (χ4v) is 8.81. The van der Waals surface area contributed by atoms with Gasteiger partial charge in [0.1, 0.15) is 40.1 Å². The van der Waals surface area contributed by atoms with Crippen molar-refractivity contribution in [1.29, 1.82) is 0 Å². The quantitative estimate of drug-likeness (QED) is 0.0210. The number of carboxylic acid groups (broad SMARTS) is 1. The lowest BCUT2D eigenvalue weighted by atomic mass is 10.0. The number of carboxylic acids is 1. The van der Waals surface area contributed by atoms with E-state index < -0.39 is 54.4 Å². The number of carbonyl (C=O) groups is 6. The van der Waals surface area contributed by atoms with Crippen LogP contribution < -0.4 is 21.3 Å². The van der Waals surface area contributed by atoms with Crippen LogP contribution in [0.2, 0.25) is 0 Å². The third kappa shape index (κ3) is 18.4. The van der Waals surface area contributed by atoms with E-state index in [0.29, 0.717) is 40.4 Å². The van der Waals surface area contributed by atoms with Crippen LogP contribution in [0.15, 0.2) is 90.1 Å². The van der Waals surface area contributed by atoms with Crippen molar-refractivity contribution in [3.63, 3.8) is 0 Å². The lowest BCUT2D eigenvalue weighted by molar-refractivity contribution is -0.150. The van der Waals surface area contributed by atoms with Crippen LogP contribution in [-0.4, -0.2) is 91.9 Å². The molecule has 5 aromatic rings. The van der Waals surface area contributed by atoms with Gasteiger partial charge in [0.15, 0.2) is 6.04 Å². The Hall–Kier alpha value is -6.40. The van der Waals surface area contributed by atoms with Crippen LogP contribution in [0.25, 0.3) is 21.1 Å². The smallest absolute Gasteiger partial charge is 0.329 e. The van der Waals surface area contributed by atoms with Crippen LogP contribution in [0, 0.1) is 0 Å². The molecule has 18 heteroatoms. The Morgan fingerprint density at radius 3 is 1.75 bits per heavy atom. The number of nitrogens with one attached hydrogen (secondary N) is 4. The van der Waals surface area contributed by atoms with E-state index in [1.54, 1.807) is 78.0 Å². The Bertz CT molecular complexity index is 2330. The van der Waals surface area contributed by atoms with Gasteiger partial charge in [-0.3, -0.25) is 33.9 Å². The molecule has 0 spiro atoms. The molecule has 0 saturated carbocycles. The Morgan fingerprint density at radius 2 is 1.18 bits per heavy atom. The zero-order valence-corrected chi connectivity index (χ0v) is 40.2. The number of amides is 4. The maximum atomic E-state index is 14.2. The molecule has 4 heterocycles. The highest BCUT2D eigenvalue weighted by molar-refractivity contribution is 7.13. The first-order valence-corrected chi connectivity index (χ1v) is 25.2. The number of ether oxygens (including phenoxy) is 1. The van der Waals surface area contributed by atoms with E-state index in [2.05, 4.69) is 48.1 Å². The van der Waals surface area contributed by atoms with E-state index in [0.717, 1.165) is 24.8 Å². The molecule has 0 unspecified atom stereocenters. The number of hydrogen-bond acceptors (Lipinski definition) is 13. The van der Waals surface area contributed by atoms with Crippen LogP contribution in [0.4, 0.5) is 0 Å². The van der Waals surface area contributed by atoms with Gasteiger partial charge >= 0.3 is 11.9 Å². The maximum absolute atomic E-state index is 14.2.